The number of likely N-dealkylation sites (tertiary alicyclic amines) is 2. The van der Waals surface area contributed by atoms with Crippen LogP contribution in [0.3, 0.4) is 0 Å². The number of pyridine rings is 1. The second-order valence-corrected chi connectivity index (χ2v) is 22.6. The Morgan fingerprint density at radius 2 is 1.68 bits per heavy atom. The molecule has 4 unspecified atom stereocenters. The number of fused-ring (bicyclic) bond motifs is 4. The first kappa shape index (κ1) is 50.7. The average molecular weight is 1000 g/mol. The number of hydrogen-bond acceptors (Lipinski definition) is 14. The minimum absolute atomic E-state index is 0.0429. The summed E-state index contributed by atoms with van der Waals surface area (Å²) in [5, 5.41) is 6.72. The number of piperidine rings is 1. The van der Waals surface area contributed by atoms with Gasteiger partial charge in [-0.05, 0) is 132 Å². The molecule has 0 N–H and O–H groups in total. The largest absolute Gasteiger partial charge is 0.468 e. The summed E-state index contributed by atoms with van der Waals surface area (Å²) in [6.45, 7) is 21.2. The lowest BCUT2D eigenvalue weighted by Gasteiger charge is -2.43. The normalized spacial score (nSPS) is 21.4. The Hall–Kier alpha value is -5.81. The van der Waals surface area contributed by atoms with Crippen LogP contribution in [0.4, 0.5) is 20.8 Å². The summed E-state index contributed by atoms with van der Waals surface area (Å²) in [4.78, 5) is 52.6. The van der Waals surface area contributed by atoms with Crippen LogP contribution in [-0.4, -0.2) is 143 Å². The lowest BCUT2D eigenvalue weighted by Crippen LogP contribution is -2.57. The van der Waals surface area contributed by atoms with E-state index in [2.05, 4.69) is 53.6 Å². The zero-order chi connectivity index (χ0) is 51.1. The van der Waals surface area contributed by atoms with Crippen molar-refractivity contribution < 1.29 is 37.5 Å². The van der Waals surface area contributed by atoms with Gasteiger partial charge in [-0.25, -0.2) is 9.18 Å². The minimum atomic E-state index is -0.613. The van der Waals surface area contributed by atoms with Crippen LogP contribution in [0.5, 0.6) is 11.8 Å². The van der Waals surface area contributed by atoms with E-state index in [0.29, 0.717) is 59.8 Å². The summed E-state index contributed by atoms with van der Waals surface area (Å²) in [5.74, 6) is 2.98. The lowest BCUT2D eigenvalue weighted by molar-refractivity contribution is -0.134. The van der Waals surface area contributed by atoms with Gasteiger partial charge in [0.1, 0.15) is 34.3 Å². The molecule has 3 aromatic heterocycles. The highest BCUT2D eigenvalue weighted by Crippen LogP contribution is 2.41. The summed E-state index contributed by atoms with van der Waals surface area (Å²) in [6.07, 6.45) is 8.84. The van der Waals surface area contributed by atoms with E-state index in [0.717, 1.165) is 113 Å². The van der Waals surface area contributed by atoms with Crippen LogP contribution in [0, 0.1) is 23.6 Å². The van der Waals surface area contributed by atoms with E-state index in [9.17, 15) is 9.59 Å². The monoisotopic (exact) mass is 1000 g/mol. The minimum Gasteiger partial charge on any atom is -0.468 e. The number of aromatic nitrogens is 4. The summed E-state index contributed by atoms with van der Waals surface area (Å²) in [7, 11) is 1.57. The van der Waals surface area contributed by atoms with Crippen molar-refractivity contribution in [2.75, 3.05) is 82.7 Å². The fourth-order valence-electron chi connectivity index (χ4n) is 12.1. The Morgan fingerprint density at radius 1 is 0.918 bits per heavy atom. The zero-order valence-electron chi connectivity index (χ0n) is 44.1. The lowest BCUT2D eigenvalue weighted by atomic mass is 9.91. The van der Waals surface area contributed by atoms with Crippen LogP contribution in [0.1, 0.15) is 111 Å². The van der Waals surface area contributed by atoms with Gasteiger partial charge < -0.3 is 43.1 Å². The van der Waals surface area contributed by atoms with Crippen molar-refractivity contribution in [1.29, 1.82) is 0 Å². The molecular formula is C56H74FN9O7. The van der Waals surface area contributed by atoms with E-state index in [1.807, 2.05) is 60.9 Å². The Kier molecular flexibility index (Phi) is 14.7. The predicted molar refractivity (Wildman–Crippen MR) is 279 cm³/mol. The van der Waals surface area contributed by atoms with Gasteiger partial charge in [0.05, 0.1) is 24.1 Å². The number of ether oxygens (including phenoxy) is 4. The first-order valence-electron chi connectivity index (χ1n) is 26.8. The maximum Gasteiger partial charge on any atom is 0.410 e. The smallest absolute Gasteiger partial charge is 0.410 e. The predicted octanol–water partition coefficient (Wildman–Crippen LogP) is 9.47. The number of nitrogens with zero attached hydrogens (tertiary/aromatic N) is 9. The van der Waals surface area contributed by atoms with Crippen molar-refractivity contribution in [2.45, 2.75) is 129 Å². The molecule has 0 saturated carbocycles. The van der Waals surface area contributed by atoms with Crippen molar-refractivity contribution in [2.24, 2.45) is 17.8 Å². The number of rotatable bonds is 16. The highest BCUT2D eigenvalue weighted by Gasteiger charge is 2.45. The summed E-state index contributed by atoms with van der Waals surface area (Å²) in [6, 6.07) is 12.0. The molecule has 5 aromatic rings. The van der Waals surface area contributed by atoms with E-state index in [1.165, 1.54) is 0 Å². The van der Waals surface area contributed by atoms with Crippen LogP contribution >= 0.6 is 0 Å². The molecule has 2 bridgehead atoms. The van der Waals surface area contributed by atoms with Gasteiger partial charge in [0.25, 0.3) is 0 Å². The Balaban J connectivity index is 0.816. The molecule has 5 aliphatic rings. The quantitative estimate of drug-likeness (QED) is 0.0863. The number of anilines is 2. The Morgan fingerprint density at radius 3 is 2.37 bits per heavy atom. The molecule has 392 valence electrons. The van der Waals surface area contributed by atoms with Gasteiger partial charge in [-0.15, -0.1) is 0 Å². The molecule has 0 aliphatic carbocycles. The molecule has 17 heteroatoms. The van der Waals surface area contributed by atoms with Crippen molar-refractivity contribution in [3.05, 3.63) is 59.7 Å². The number of piperazine rings is 1. The third kappa shape index (κ3) is 10.6. The van der Waals surface area contributed by atoms with Gasteiger partial charge in [-0.1, -0.05) is 44.1 Å². The molecule has 2 amide bonds. The van der Waals surface area contributed by atoms with Crippen molar-refractivity contribution in [1.82, 2.24) is 34.8 Å². The van der Waals surface area contributed by atoms with Gasteiger partial charge in [0.2, 0.25) is 5.91 Å². The molecule has 10 rings (SSSR count). The number of halogens is 1. The third-order valence-corrected chi connectivity index (χ3v) is 15.9. The number of amides is 2. The summed E-state index contributed by atoms with van der Waals surface area (Å²) < 4.78 is 46.8. The van der Waals surface area contributed by atoms with E-state index >= 15 is 4.39 Å². The molecule has 73 heavy (non-hydrogen) atoms. The summed E-state index contributed by atoms with van der Waals surface area (Å²) in [5.41, 5.74) is 1.35. The fourth-order valence-corrected chi connectivity index (χ4v) is 12.1. The molecule has 4 atom stereocenters. The maximum absolute atomic E-state index is 17.6. The second kappa shape index (κ2) is 21.2. The SMILES string of the molecule is CCc1cccc2cc(OCOC)cc(-c3ncc4c(N5CC6CCC(C5)N6C(=O)OC(C)(C)C)nc(OCCC5CCN(CC6CN(c7cc(C(C(=O)N8CCCC8C)C(C)C)on7)C6)CC5)nc4c3F)c12. The molecule has 5 saturated heterocycles. The maximum atomic E-state index is 17.6. The number of carbonyl (C=O) groups is 2. The zero-order valence-corrected chi connectivity index (χ0v) is 44.1. The van der Waals surface area contributed by atoms with Crippen molar-refractivity contribution in [3.8, 4) is 23.0 Å². The Bertz CT molecular complexity index is 2770. The summed E-state index contributed by atoms with van der Waals surface area (Å²) >= 11 is 0. The highest BCUT2D eigenvalue weighted by atomic mass is 19.1. The van der Waals surface area contributed by atoms with Crippen LogP contribution in [0.2, 0.25) is 0 Å². The number of methoxy groups -OCH3 is 1. The van der Waals surface area contributed by atoms with Crippen molar-refractivity contribution >= 4 is 45.3 Å². The molecule has 0 radical (unpaired) electrons. The van der Waals surface area contributed by atoms with E-state index < -0.39 is 11.4 Å². The Labute approximate surface area is 428 Å². The molecule has 2 aromatic carbocycles. The number of aryl methyl sites for hydroxylation is 1. The molecule has 8 heterocycles. The standard InChI is InChI=1S/C56H74FN9O7/c1-9-38-13-10-14-39-24-42(71-33-69-8)25-43(48(38)39)50-49(57)51-44(27-58-50)52(64-31-40-15-16-41(32-64)66(40)55(68)72-56(5,6)7)60-54(59-51)70-23-19-36-17-21-62(22-18-36)28-37-29-63(30-37)46-26-45(73-61-46)47(34(2)3)53(67)65-20-11-12-35(65)4/h10,13-14,24-27,34-37,40-41,47H,9,11-12,15-23,28-33H2,1-8H3. The molecule has 0 spiro atoms. The van der Waals surface area contributed by atoms with Gasteiger partial charge in [0, 0.05) is 76.2 Å². The average Bonchev–Trinajstić information content (AvgIpc) is 4.08. The van der Waals surface area contributed by atoms with Gasteiger partial charge in [-0.3, -0.25) is 14.7 Å². The van der Waals surface area contributed by atoms with Gasteiger partial charge in [-0.2, -0.15) is 9.97 Å². The van der Waals surface area contributed by atoms with Crippen molar-refractivity contribution in [3.63, 3.8) is 0 Å². The fraction of sp³-hybridized carbons (Fsp3) is 0.607. The van der Waals surface area contributed by atoms with Crippen LogP contribution in [0.15, 0.2) is 47.1 Å². The molecular weight excluding hydrogens is 930 g/mol. The first-order valence-corrected chi connectivity index (χ1v) is 26.8. The number of benzene rings is 2. The van der Waals surface area contributed by atoms with Crippen LogP contribution in [0.25, 0.3) is 32.9 Å². The van der Waals surface area contributed by atoms with Crippen LogP contribution in [-0.2, 0) is 20.7 Å². The van der Waals surface area contributed by atoms with Gasteiger partial charge >= 0.3 is 12.1 Å². The van der Waals surface area contributed by atoms with E-state index in [-0.39, 0.29) is 66.0 Å². The number of hydrogen-bond donors (Lipinski definition) is 0. The van der Waals surface area contributed by atoms with Gasteiger partial charge in [0.15, 0.2) is 24.2 Å². The number of carbonyl (C=O) groups excluding carboxylic acids is 2. The first-order chi connectivity index (χ1) is 35.2. The van der Waals surface area contributed by atoms with E-state index in [4.69, 9.17) is 38.4 Å². The van der Waals surface area contributed by atoms with E-state index in [1.54, 1.807) is 13.3 Å². The third-order valence-electron chi connectivity index (χ3n) is 15.9. The molecule has 5 aliphatic heterocycles. The highest BCUT2D eigenvalue weighted by molar-refractivity contribution is 6.01. The topological polar surface area (TPSA) is 152 Å². The molecule has 16 nitrogen and oxygen atoms in total. The van der Waals surface area contributed by atoms with Crippen LogP contribution < -0.4 is 19.3 Å². The molecule has 5 fully saturated rings. The second-order valence-electron chi connectivity index (χ2n) is 22.6.